The van der Waals surface area contributed by atoms with Crippen LogP contribution in [-0.2, 0) is 19.4 Å². The number of aryl methyl sites for hydroxylation is 2. The Kier molecular flexibility index (Phi) is 2.41. The minimum Gasteiger partial charge on any atom is -0.307 e. The van der Waals surface area contributed by atoms with Gasteiger partial charge in [-0.25, -0.2) is 9.97 Å². The van der Waals surface area contributed by atoms with Crippen molar-refractivity contribution in [3.05, 3.63) is 23.3 Å². The van der Waals surface area contributed by atoms with E-state index < -0.39 is 0 Å². The van der Waals surface area contributed by atoms with Crippen molar-refractivity contribution in [1.82, 2.24) is 15.3 Å². The lowest BCUT2D eigenvalue weighted by atomic mass is 9.97. The summed E-state index contributed by atoms with van der Waals surface area (Å²) in [5.74, 6) is 0.975. The summed E-state index contributed by atoms with van der Waals surface area (Å²) < 4.78 is 0. The standard InChI is InChI=1S/C12H17N3/c1-2-4-11-9(3-1)7-14-12(15-11)8-13-10-5-6-10/h7,10,13H,1-6,8H2. The molecule has 1 heterocycles. The van der Waals surface area contributed by atoms with Crippen LogP contribution in [0.2, 0.25) is 0 Å². The molecule has 1 aromatic rings. The minimum atomic E-state index is 0.740. The third-order valence-corrected chi connectivity index (χ3v) is 3.24. The van der Waals surface area contributed by atoms with Gasteiger partial charge in [-0.3, -0.25) is 0 Å². The molecular weight excluding hydrogens is 186 g/mol. The Morgan fingerprint density at radius 3 is 3.00 bits per heavy atom. The van der Waals surface area contributed by atoms with Crippen LogP contribution < -0.4 is 5.32 Å². The SMILES string of the molecule is c1nc(CNC2CC2)nc2c1CCCC2. The van der Waals surface area contributed by atoms with Crippen molar-refractivity contribution in [2.75, 3.05) is 0 Å². The van der Waals surface area contributed by atoms with E-state index in [0.717, 1.165) is 24.8 Å². The maximum atomic E-state index is 4.64. The van der Waals surface area contributed by atoms with Gasteiger partial charge in [-0.2, -0.15) is 0 Å². The highest BCUT2D eigenvalue weighted by molar-refractivity contribution is 5.20. The van der Waals surface area contributed by atoms with E-state index >= 15 is 0 Å². The van der Waals surface area contributed by atoms with E-state index in [9.17, 15) is 0 Å². The average molecular weight is 203 g/mol. The van der Waals surface area contributed by atoms with Gasteiger partial charge in [0.1, 0.15) is 5.82 Å². The first-order valence-corrected chi connectivity index (χ1v) is 5.99. The van der Waals surface area contributed by atoms with E-state index in [-0.39, 0.29) is 0 Å². The summed E-state index contributed by atoms with van der Waals surface area (Å²) in [5, 5.41) is 3.45. The second-order valence-corrected chi connectivity index (χ2v) is 4.62. The number of hydrogen-bond donors (Lipinski definition) is 1. The van der Waals surface area contributed by atoms with Crippen LogP contribution in [0.4, 0.5) is 0 Å². The zero-order valence-electron chi connectivity index (χ0n) is 9.00. The molecule has 0 unspecified atom stereocenters. The fourth-order valence-electron chi connectivity index (χ4n) is 2.12. The maximum Gasteiger partial charge on any atom is 0.142 e. The van der Waals surface area contributed by atoms with Gasteiger partial charge in [-0.05, 0) is 44.1 Å². The first-order chi connectivity index (χ1) is 7.42. The van der Waals surface area contributed by atoms with Crippen molar-refractivity contribution in [2.45, 2.75) is 51.1 Å². The molecule has 1 fully saturated rings. The molecule has 1 saturated carbocycles. The minimum absolute atomic E-state index is 0.740. The van der Waals surface area contributed by atoms with E-state index in [0.29, 0.717) is 0 Å². The quantitative estimate of drug-likeness (QED) is 0.811. The Morgan fingerprint density at radius 1 is 1.27 bits per heavy atom. The van der Waals surface area contributed by atoms with Crippen LogP contribution in [0.15, 0.2) is 6.20 Å². The molecule has 0 amide bonds. The molecule has 0 saturated heterocycles. The Morgan fingerprint density at radius 2 is 2.13 bits per heavy atom. The zero-order valence-corrected chi connectivity index (χ0v) is 9.00. The molecule has 0 aliphatic heterocycles. The number of fused-ring (bicyclic) bond motifs is 1. The number of nitrogens with one attached hydrogen (secondary N) is 1. The zero-order chi connectivity index (χ0) is 10.1. The predicted octanol–water partition coefficient (Wildman–Crippen LogP) is 1.61. The molecule has 0 spiro atoms. The third kappa shape index (κ3) is 2.17. The van der Waals surface area contributed by atoms with Crippen LogP contribution in [0.3, 0.4) is 0 Å². The normalized spacial score (nSPS) is 20.0. The molecule has 80 valence electrons. The highest BCUT2D eigenvalue weighted by Crippen LogP contribution is 2.20. The summed E-state index contributed by atoms with van der Waals surface area (Å²) >= 11 is 0. The van der Waals surface area contributed by atoms with Crippen LogP contribution >= 0.6 is 0 Å². The van der Waals surface area contributed by atoms with Crippen LogP contribution in [0.25, 0.3) is 0 Å². The highest BCUT2D eigenvalue weighted by Gasteiger charge is 2.20. The molecule has 0 radical (unpaired) electrons. The van der Waals surface area contributed by atoms with Gasteiger partial charge in [0, 0.05) is 17.9 Å². The molecule has 2 aliphatic rings. The Labute approximate surface area is 90.3 Å². The molecule has 3 heteroatoms. The highest BCUT2D eigenvalue weighted by atomic mass is 15.0. The van der Waals surface area contributed by atoms with Gasteiger partial charge in [-0.15, -0.1) is 0 Å². The number of aromatic nitrogens is 2. The second-order valence-electron chi connectivity index (χ2n) is 4.62. The predicted molar refractivity (Wildman–Crippen MR) is 58.5 cm³/mol. The van der Waals surface area contributed by atoms with Crippen molar-refractivity contribution in [3.63, 3.8) is 0 Å². The Balaban J connectivity index is 1.71. The molecule has 1 N–H and O–H groups in total. The molecule has 3 nitrogen and oxygen atoms in total. The Hall–Kier alpha value is -0.960. The summed E-state index contributed by atoms with van der Waals surface area (Å²) in [4.78, 5) is 9.06. The van der Waals surface area contributed by atoms with Crippen molar-refractivity contribution in [3.8, 4) is 0 Å². The summed E-state index contributed by atoms with van der Waals surface area (Å²) in [6.45, 7) is 0.845. The van der Waals surface area contributed by atoms with Crippen molar-refractivity contribution in [1.29, 1.82) is 0 Å². The van der Waals surface area contributed by atoms with E-state index in [1.54, 1.807) is 0 Å². The number of hydrogen-bond acceptors (Lipinski definition) is 3. The van der Waals surface area contributed by atoms with E-state index in [2.05, 4.69) is 15.3 Å². The fraction of sp³-hybridized carbons (Fsp3) is 0.667. The monoisotopic (exact) mass is 203 g/mol. The van der Waals surface area contributed by atoms with Crippen LogP contribution in [-0.4, -0.2) is 16.0 Å². The molecule has 0 aromatic carbocycles. The summed E-state index contributed by atoms with van der Waals surface area (Å²) in [7, 11) is 0. The lowest BCUT2D eigenvalue weighted by Gasteiger charge is -2.14. The first kappa shape index (κ1) is 9.28. The largest absolute Gasteiger partial charge is 0.307 e. The van der Waals surface area contributed by atoms with Gasteiger partial charge in [0.25, 0.3) is 0 Å². The molecule has 2 aliphatic carbocycles. The van der Waals surface area contributed by atoms with Crippen LogP contribution in [0, 0.1) is 0 Å². The van der Waals surface area contributed by atoms with Gasteiger partial charge < -0.3 is 5.32 Å². The number of nitrogens with zero attached hydrogens (tertiary/aromatic N) is 2. The van der Waals surface area contributed by atoms with Gasteiger partial charge in [-0.1, -0.05) is 0 Å². The van der Waals surface area contributed by atoms with E-state index in [1.807, 2.05) is 6.20 Å². The molecule has 3 rings (SSSR count). The van der Waals surface area contributed by atoms with Crippen LogP contribution in [0.1, 0.15) is 42.8 Å². The molecular formula is C12H17N3. The van der Waals surface area contributed by atoms with E-state index in [1.165, 1.54) is 43.4 Å². The number of rotatable bonds is 3. The smallest absolute Gasteiger partial charge is 0.142 e. The molecule has 15 heavy (non-hydrogen) atoms. The lowest BCUT2D eigenvalue weighted by Crippen LogP contribution is -2.19. The summed E-state index contributed by atoms with van der Waals surface area (Å²) in [6.07, 6.45) is 9.59. The Bertz CT molecular complexity index is 358. The van der Waals surface area contributed by atoms with Gasteiger partial charge in [0.05, 0.1) is 6.54 Å². The summed E-state index contributed by atoms with van der Waals surface area (Å²) in [5.41, 5.74) is 2.67. The topological polar surface area (TPSA) is 37.8 Å². The first-order valence-electron chi connectivity index (χ1n) is 5.99. The second kappa shape index (κ2) is 3.89. The molecule has 0 bridgehead atoms. The van der Waals surface area contributed by atoms with E-state index in [4.69, 9.17) is 0 Å². The molecule has 0 atom stereocenters. The average Bonchev–Trinajstić information content (AvgIpc) is 3.10. The van der Waals surface area contributed by atoms with Crippen molar-refractivity contribution in [2.24, 2.45) is 0 Å². The fourth-order valence-corrected chi connectivity index (χ4v) is 2.12. The molecule has 1 aromatic heterocycles. The van der Waals surface area contributed by atoms with Gasteiger partial charge in [0.2, 0.25) is 0 Å². The van der Waals surface area contributed by atoms with Gasteiger partial charge >= 0.3 is 0 Å². The maximum absolute atomic E-state index is 4.64. The van der Waals surface area contributed by atoms with Crippen molar-refractivity contribution < 1.29 is 0 Å². The van der Waals surface area contributed by atoms with Gasteiger partial charge in [0.15, 0.2) is 0 Å². The third-order valence-electron chi connectivity index (χ3n) is 3.24. The van der Waals surface area contributed by atoms with Crippen molar-refractivity contribution >= 4 is 0 Å². The lowest BCUT2D eigenvalue weighted by molar-refractivity contribution is 0.623. The summed E-state index contributed by atoms with van der Waals surface area (Å²) in [6, 6.07) is 0.740. The van der Waals surface area contributed by atoms with Crippen LogP contribution in [0.5, 0.6) is 0 Å².